The Morgan fingerprint density at radius 3 is 2.69 bits per heavy atom. The minimum atomic E-state index is -0.215. The van der Waals surface area contributed by atoms with Crippen LogP contribution in [0.5, 0.6) is 5.75 Å². The van der Waals surface area contributed by atoms with E-state index >= 15 is 0 Å². The van der Waals surface area contributed by atoms with Crippen molar-refractivity contribution in [3.63, 3.8) is 0 Å². The highest BCUT2D eigenvalue weighted by atomic mass is 16.5. The molecule has 1 aromatic rings. The van der Waals surface area contributed by atoms with E-state index in [0.717, 1.165) is 0 Å². The number of nitrogens with one attached hydrogen (secondary N) is 1. The van der Waals surface area contributed by atoms with E-state index in [1.807, 2.05) is 6.07 Å². The van der Waals surface area contributed by atoms with Gasteiger partial charge in [0.25, 0.3) is 0 Å². The Balaban J connectivity index is 2.51. The van der Waals surface area contributed by atoms with Crippen LogP contribution in [0, 0.1) is 11.3 Å². The van der Waals surface area contributed by atoms with Gasteiger partial charge in [0.1, 0.15) is 18.4 Å². The standard InChI is InChI=1S/C11H12N2O3/c1-15-8-11(14)13-9-2-4-10(5-3-9)16-7-6-12/h2-5H,7-8H2,1H3,(H,13,14). The van der Waals surface area contributed by atoms with Gasteiger partial charge >= 0.3 is 0 Å². The van der Waals surface area contributed by atoms with E-state index in [9.17, 15) is 4.79 Å². The van der Waals surface area contributed by atoms with Crippen LogP contribution in [0.25, 0.3) is 0 Å². The maximum atomic E-state index is 11.2. The number of rotatable bonds is 5. The van der Waals surface area contributed by atoms with Crippen LogP contribution in [-0.4, -0.2) is 26.2 Å². The summed E-state index contributed by atoms with van der Waals surface area (Å²) in [7, 11) is 1.46. The van der Waals surface area contributed by atoms with E-state index in [1.54, 1.807) is 24.3 Å². The first kappa shape index (κ1) is 12.0. The molecular formula is C11H12N2O3. The summed E-state index contributed by atoms with van der Waals surface area (Å²) in [5, 5.41) is 11.0. The molecule has 0 aliphatic heterocycles. The van der Waals surface area contributed by atoms with Gasteiger partial charge in [0, 0.05) is 12.8 Å². The highest BCUT2D eigenvalue weighted by Crippen LogP contribution is 2.15. The minimum Gasteiger partial charge on any atom is -0.479 e. The van der Waals surface area contributed by atoms with E-state index in [2.05, 4.69) is 10.1 Å². The average molecular weight is 220 g/mol. The predicted octanol–water partition coefficient (Wildman–Crippen LogP) is 1.17. The van der Waals surface area contributed by atoms with Crippen molar-refractivity contribution in [3.8, 4) is 11.8 Å². The molecule has 0 spiro atoms. The largest absolute Gasteiger partial charge is 0.479 e. The summed E-state index contributed by atoms with van der Waals surface area (Å²) in [6.45, 7) is 0.0298. The van der Waals surface area contributed by atoms with Gasteiger partial charge in [-0.05, 0) is 24.3 Å². The molecule has 1 aromatic carbocycles. The summed E-state index contributed by atoms with van der Waals surface area (Å²) in [4.78, 5) is 11.2. The number of hydrogen-bond acceptors (Lipinski definition) is 4. The van der Waals surface area contributed by atoms with Crippen molar-refractivity contribution in [2.45, 2.75) is 0 Å². The molecule has 0 atom stereocenters. The summed E-state index contributed by atoms with van der Waals surface area (Å²) < 4.78 is 9.74. The highest BCUT2D eigenvalue weighted by Gasteiger charge is 2.01. The van der Waals surface area contributed by atoms with E-state index in [-0.39, 0.29) is 19.1 Å². The smallest absolute Gasteiger partial charge is 0.250 e. The van der Waals surface area contributed by atoms with Crippen LogP contribution in [0.2, 0.25) is 0 Å². The summed E-state index contributed by atoms with van der Waals surface area (Å²) in [6, 6.07) is 8.62. The van der Waals surface area contributed by atoms with Crippen molar-refractivity contribution in [1.82, 2.24) is 0 Å². The predicted molar refractivity (Wildman–Crippen MR) is 58.1 cm³/mol. The molecule has 0 saturated heterocycles. The third-order valence-corrected chi connectivity index (χ3v) is 1.72. The monoisotopic (exact) mass is 220 g/mol. The fraction of sp³-hybridized carbons (Fsp3) is 0.273. The highest BCUT2D eigenvalue weighted by molar-refractivity contribution is 5.91. The van der Waals surface area contributed by atoms with E-state index in [4.69, 9.17) is 10.00 Å². The molecule has 0 heterocycles. The van der Waals surface area contributed by atoms with Crippen LogP contribution in [0.4, 0.5) is 5.69 Å². The molecule has 0 bridgehead atoms. The average Bonchev–Trinajstić information content (AvgIpc) is 2.28. The van der Waals surface area contributed by atoms with Crippen molar-refractivity contribution >= 4 is 11.6 Å². The van der Waals surface area contributed by atoms with Crippen LogP contribution >= 0.6 is 0 Å². The zero-order valence-electron chi connectivity index (χ0n) is 8.90. The third kappa shape index (κ3) is 3.98. The minimum absolute atomic E-state index is 0.00931. The van der Waals surface area contributed by atoms with Gasteiger partial charge in [0.05, 0.1) is 0 Å². The lowest BCUT2D eigenvalue weighted by Gasteiger charge is -2.05. The van der Waals surface area contributed by atoms with Crippen LogP contribution in [0.3, 0.4) is 0 Å². The topological polar surface area (TPSA) is 71.3 Å². The zero-order valence-corrected chi connectivity index (χ0v) is 8.90. The Labute approximate surface area is 93.6 Å². The summed E-state index contributed by atoms with van der Waals surface area (Å²) in [5.41, 5.74) is 0.659. The Hall–Kier alpha value is -2.06. The van der Waals surface area contributed by atoms with Crippen molar-refractivity contribution in [2.75, 3.05) is 25.6 Å². The number of nitriles is 1. The number of carbonyl (C=O) groups is 1. The van der Waals surface area contributed by atoms with Gasteiger partial charge in [0.2, 0.25) is 5.91 Å². The van der Waals surface area contributed by atoms with Gasteiger partial charge in [-0.25, -0.2) is 0 Å². The van der Waals surface area contributed by atoms with Gasteiger partial charge in [-0.1, -0.05) is 0 Å². The molecule has 0 unspecified atom stereocenters. The van der Waals surface area contributed by atoms with E-state index < -0.39 is 0 Å². The SMILES string of the molecule is COCC(=O)Nc1ccc(OCC#N)cc1. The molecule has 5 heteroatoms. The number of carbonyl (C=O) groups excluding carboxylic acids is 1. The first-order chi connectivity index (χ1) is 7.76. The maximum Gasteiger partial charge on any atom is 0.250 e. The number of hydrogen-bond donors (Lipinski definition) is 1. The van der Waals surface area contributed by atoms with Crippen LogP contribution in [0.15, 0.2) is 24.3 Å². The lowest BCUT2D eigenvalue weighted by molar-refractivity contribution is -0.119. The number of benzene rings is 1. The molecule has 0 saturated carbocycles. The van der Waals surface area contributed by atoms with Gasteiger partial charge in [-0.15, -0.1) is 0 Å². The van der Waals surface area contributed by atoms with Crippen molar-refractivity contribution < 1.29 is 14.3 Å². The van der Waals surface area contributed by atoms with Crippen molar-refractivity contribution in [1.29, 1.82) is 5.26 Å². The summed E-state index contributed by atoms with van der Waals surface area (Å²) >= 11 is 0. The summed E-state index contributed by atoms with van der Waals surface area (Å²) in [6.07, 6.45) is 0. The van der Waals surface area contributed by atoms with Crippen molar-refractivity contribution in [2.24, 2.45) is 0 Å². The molecule has 0 fully saturated rings. The van der Waals surface area contributed by atoms with Crippen LogP contribution < -0.4 is 10.1 Å². The molecule has 1 N–H and O–H groups in total. The normalized spacial score (nSPS) is 9.25. The Bertz CT molecular complexity index is 381. The molecular weight excluding hydrogens is 208 g/mol. The molecule has 0 aliphatic rings. The fourth-order valence-electron chi connectivity index (χ4n) is 1.08. The number of ether oxygens (including phenoxy) is 2. The molecule has 1 rings (SSSR count). The third-order valence-electron chi connectivity index (χ3n) is 1.72. The van der Waals surface area contributed by atoms with Crippen LogP contribution in [-0.2, 0) is 9.53 Å². The Kier molecular flexibility index (Phi) is 4.83. The lowest BCUT2D eigenvalue weighted by Crippen LogP contribution is -2.16. The Morgan fingerprint density at radius 2 is 2.12 bits per heavy atom. The molecule has 0 radical (unpaired) electrons. The zero-order chi connectivity index (χ0) is 11.8. The second-order valence-corrected chi connectivity index (χ2v) is 2.95. The second-order valence-electron chi connectivity index (χ2n) is 2.95. The van der Waals surface area contributed by atoms with E-state index in [0.29, 0.717) is 11.4 Å². The number of nitrogens with zero attached hydrogens (tertiary/aromatic N) is 1. The number of amides is 1. The number of anilines is 1. The second kappa shape index (κ2) is 6.43. The van der Waals surface area contributed by atoms with Gasteiger partial charge in [0.15, 0.2) is 6.61 Å². The number of methoxy groups -OCH3 is 1. The molecule has 0 aromatic heterocycles. The fourth-order valence-corrected chi connectivity index (χ4v) is 1.08. The first-order valence-corrected chi connectivity index (χ1v) is 4.65. The van der Waals surface area contributed by atoms with Crippen LogP contribution in [0.1, 0.15) is 0 Å². The van der Waals surface area contributed by atoms with Crippen molar-refractivity contribution in [3.05, 3.63) is 24.3 Å². The molecule has 5 nitrogen and oxygen atoms in total. The van der Waals surface area contributed by atoms with E-state index in [1.165, 1.54) is 7.11 Å². The van der Waals surface area contributed by atoms with Gasteiger partial charge in [-0.3, -0.25) is 4.79 Å². The van der Waals surface area contributed by atoms with Gasteiger partial charge < -0.3 is 14.8 Å². The molecule has 16 heavy (non-hydrogen) atoms. The quantitative estimate of drug-likeness (QED) is 0.808. The van der Waals surface area contributed by atoms with Gasteiger partial charge in [-0.2, -0.15) is 5.26 Å². The molecule has 84 valence electrons. The first-order valence-electron chi connectivity index (χ1n) is 4.65. The lowest BCUT2D eigenvalue weighted by atomic mass is 10.3. The maximum absolute atomic E-state index is 11.2. The summed E-state index contributed by atoms with van der Waals surface area (Å²) in [5.74, 6) is 0.375. The molecule has 0 aliphatic carbocycles. The molecule has 1 amide bonds. The Morgan fingerprint density at radius 1 is 1.44 bits per heavy atom.